The molecule has 9 heteroatoms. The molecule has 3 aliphatic heterocycles. The number of amides is 3. The van der Waals surface area contributed by atoms with Crippen molar-refractivity contribution in [1.82, 2.24) is 9.80 Å². The molecule has 2 unspecified atom stereocenters. The number of thioether (sulfide) groups is 1. The van der Waals surface area contributed by atoms with Gasteiger partial charge in [0.05, 0.1) is 29.2 Å². The van der Waals surface area contributed by atoms with E-state index in [4.69, 9.17) is 11.6 Å². The number of hydrogen-bond acceptors (Lipinski definition) is 5. The number of likely N-dealkylation sites (tertiary alicyclic amines) is 1. The average Bonchev–Trinajstić information content (AvgIpc) is 3.57. The maximum absolute atomic E-state index is 14.9. The highest BCUT2D eigenvalue weighted by molar-refractivity contribution is 8.02. The Hall–Kier alpha value is -3.07. The van der Waals surface area contributed by atoms with Crippen LogP contribution in [0.15, 0.2) is 79.9 Å². The van der Waals surface area contributed by atoms with E-state index >= 15 is 0 Å². The first-order valence-corrected chi connectivity index (χ1v) is 16.1. The van der Waals surface area contributed by atoms with Crippen LogP contribution < -0.4 is 4.90 Å². The van der Waals surface area contributed by atoms with Crippen molar-refractivity contribution in [2.24, 2.45) is 11.8 Å². The number of carbonyl (C=O) groups is 3. The molecule has 5 rings (SSSR count). The second-order valence-electron chi connectivity index (χ2n) is 11.9. The summed E-state index contributed by atoms with van der Waals surface area (Å²) in [6.07, 6.45) is 5.49. The summed E-state index contributed by atoms with van der Waals surface area (Å²) in [7, 11) is 0. The van der Waals surface area contributed by atoms with Crippen molar-refractivity contribution in [3.63, 3.8) is 0 Å². The third kappa shape index (κ3) is 5.21. The Morgan fingerprint density at radius 3 is 2.37 bits per heavy atom. The van der Waals surface area contributed by atoms with E-state index < -0.39 is 33.4 Å². The number of hydrogen-bond donors (Lipinski definition) is 1. The standard InChI is InChI=1S/C34H40ClN3O4S/c1-5-19-36(20-6-2)30(40)27-28-31(41)38(26(22-39)23-11-9-8-10-12-23)29(34(28)18-17-33(27,4)43-34)32(42)37(21-7-3)25-15-13-24(35)14-16-25/h5,7-16,26-29,39H,1,3,6,17-22H2,2,4H3/t26-,27-,28+,29?,33+,34?/m1/s1. The molecule has 0 aromatic heterocycles. The molecule has 43 heavy (non-hydrogen) atoms. The number of anilines is 1. The largest absolute Gasteiger partial charge is 0.394 e. The van der Waals surface area contributed by atoms with Crippen LogP contribution in [-0.4, -0.2) is 74.4 Å². The van der Waals surface area contributed by atoms with Crippen LogP contribution in [0.3, 0.4) is 0 Å². The van der Waals surface area contributed by atoms with Crippen LogP contribution in [0, 0.1) is 11.8 Å². The molecule has 0 saturated carbocycles. The van der Waals surface area contributed by atoms with Gasteiger partial charge in [-0.05, 0) is 56.0 Å². The van der Waals surface area contributed by atoms with Gasteiger partial charge >= 0.3 is 0 Å². The van der Waals surface area contributed by atoms with Gasteiger partial charge in [0, 0.05) is 35.1 Å². The third-order valence-electron chi connectivity index (χ3n) is 9.28. The highest BCUT2D eigenvalue weighted by Crippen LogP contribution is 2.72. The lowest BCUT2D eigenvalue weighted by atomic mass is 9.66. The van der Waals surface area contributed by atoms with Gasteiger partial charge < -0.3 is 19.8 Å². The zero-order chi connectivity index (χ0) is 30.9. The van der Waals surface area contributed by atoms with Crippen LogP contribution in [0.5, 0.6) is 0 Å². The molecular formula is C34H40ClN3O4S. The lowest BCUT2D eigenvalue weighted by Gasteiger charge is -2.39. The zero-order valence-corrected chi connectivity index (χ0v) is 26.4. The van der Waals surface area contributed by atoms with Crippen molar-refractivity contribution in [2.45, 2.75) is 54.7 Å². The topological polar surface area (TPSA) is 81.2 Å². The van der Waals surface area contributed by atoms with Crippen molar-refractivity contribution in [3.8, 4) is 0 Å². The van der Waals surface area contributed by atoms with Crippen molar-refractivity contribution in [2.75, 3.05) is 31.1 Å². The summed E-state index contributed by atoms with van der Waals surface area (Å²) in [5.41, 5.74) is 1.38. The number of fused-ring (bicyclic) bond motifs is 1. The fourth-order valence-electron chi connectivity index (χ4n) is 7.52. The second kappa shape index (κ2) is 12.5. The number of halogens is 1. The van der Waals surface area contributed by atoms with E-state index in [9.17, 15) is 19.5 Å². The smallest absolute Gasteiger partial charge is 0.251 e. The van der Waals surface area contributed by atoms with Crippen molar-refractivity contribution < 1.29 is 19.5 Å². The van der Waals surface area contributed by atoms with Crippen LogP contribution in [-0.2, 0) is 14.4 Å². The molecule has 2 aromatic rings. The fourth-order valence-corrected chi connectivity index (χ4v) is 9.97. The van der Waals surface area contributed by atoms with Crippen molar-refractivity contribution in [1.29, 1.82) is 0 Å². The molecular weight excluding hydrogens is 582 g/mol. The molecule has 6 atom stereocenters. The summed E-state index contributed by atoms with van der Waals surface area (Å²) in [6, 6.07) is 14.7. The van der Waals surface area contributed by atoms with Crippen LogP contribution in [0.25, 0.3) is 0 Å². The van der Waals surface area contributed by atoms with Crippen LogP contribution >= 0.6 is 23.4 Å². The highest BCUT2D eigenvalue weighted by atomic mass is 35.5. The number of carbonyl (C=O) groups excluding carboxylic acids is 3. The molecule has 1 spiro atoms. The lowest BCUT2D eigenvalue weighted by Crippen LogP contribution is -2.56. The first kappa shape index (κ1) is 31.4. The minimum absolute atomic E-state index is 0.0642. The molecule has 0 radical (unpaired) electrons. The summed E-state index contributed by atoms with van der Waals surface area (Å²) in [5.74, 6) is -1.86. The van der Waals surface area contributed by atoms with Crippen LogP contribution in [0.1, 0.15) is 44.7 Å². The van der Waals surface area contributed by atoms with E-state index in [1.807, 2.05) is 37.3 Å². The predicted octanol–water partition coefficient (Wildman–Crippen LogP) is 5.50. The molecule has 3 fully saturated rings. The summed E-state index contributed by atoms with van der Waals surface area (Å²) in [6.45, 7) is 12.7. The molecule has 3 aliphatic rings. The zero-order valence-electron chi connectivity index (χ0n) is 24.8. The summed E-state index contributed by atoms with van der Waals surface area (Å²) >= 11 is 7.81. The molecule has 3 amide bonds. The minimum atomic E-state index is -0.901. The first-order valence-electron chi connectivity index (χ1n) is 14.9. The van der Waals surface area contributed by atoms with Crippen molar-refractivity contribution >= 4 is 46.8 Å². The highest BCUT2D eigenvalue weighted by Gasteiger charge is 2.78. The number of nitrogens with zero attached hydrogens (tertiary/aromatic N) is 3. The van der Waals surface area contributed by atoms with Crippen LogP contribution in [0.4, 0.5) is 5.69 Å². The van der Waals surface area contributed by atoms with Gasteiger partial charge in [-0.1, -0.05) is 61.0 Å². The molecule has 228 valence electrons. The normalized spacial score (nSPS) is 28.0. The molecule has 1 N–H and O–H groups in total. The number of benzene rings is 2. The van der Waals surface area contributed by atoms with E-state index in [2.05, 4.69) is 20.1 Å². The predicted molar refractivity (Wildman–Crippen MR) is 173 cm³/mol. The van der Waals surface area contributed by atoms with Gasteiger partial charge in [-0.25, -0.2) is 0 Å². The van der Waals surface area contributed by atoms with Crippen molar-refractivity contribution in [3.05, 3.63) is 90.5 Å². The molecule has 3 heterocycles. The number of aliphatic hydroxyl groups excluding tert-OH is 1. The maximum atomic E-state index is 14.9. The van der Waals surface area contributed by atoms with Gasteiger partial charge in [-0.2, -0.15) is 0 Å². The molecule has 7 nitrogen and oxygen atoms in total. The SMILES string of the molecule is C=CCN(CCC)C(=O)[C@H]1[C@H]2C(=O)N([C@H](CO)c3ccccc3)C(C(=O)N(CC=C)c3ccc(Cl)cc3)C23CC[C@]1(C)S3. The maximum Gasteiger partial charge on any atom is 0.251 e. The second-order valence-corrected chi connectivity index (χ2v) is 14.2. The van der Waals surface area contributed by atoms with E-state index in [1.165, 1.54) is 0 Å². The van der Waals surface area contributed by atoms with E-state index in [-0.39, 0.29) is 30.9 Å². The van der Waals surface area contributed by atoms with Gasteiger partial charge in [0.2, 0.25) is 11.8 Å². The summed E-state index contributed by atoms with van der Waals surface area (Å²) < 4.78 is -1.33. The Bertz CT molecular complexity index is 1390. The molecule has 2 bridgehead atoms. The van der Waals surface area contributed by atoms with E-state index in [0.29, 0.717) is 36.6 Å². The summed E-state index contributed by atoms with van der Waals surface area (Å²) in [4.78, 5) is 49.1. The Kier molecular flexibility index (Phi) is 9.12. The fraction of sp³-hybridized carbons (Fsp3) is 0.441. The Balaban J connectivity index is 1.66. The molecule has 0 aliphatic carbocycles. The van der Waals surface area contributed by atoms with E-state index in [0.717, 1.165) is 12.0 Å². The minimum Gasteiger partial charge on any atom is -0.394 e. The van der Waals surface area contributed by atoms with Crippen LogP contribution in [0.2, 0.25) is 5.02 Å². The number of rotatable bonds is 12. The number of aliphatic hydroxyl groups is 1. The summed E-state index contributed by atoms with van der Waals surface area (Å²) in [5, 5.41) is 11.3. The first-order chi connectivity index (χ1) is 20.7. The molecule has 2 aromatic carbocycles. The van der Waals surface area contributed by atoms with E-state index in [1.54, 1.807) is 62.9 Å². The average molecular weight is 622 g/mol. The lowest BCUT2D eigenvalue weighted by molar-refractivity contribution is -0.146. The quantitative estimate of drug-likeness (QED) is 0.317. The Morgan fingerprint density at radius 2 is 1.77 bits per heavy atom. The molecule has 3 saturated heterocycles. The van der Waals surface area contributed by atoms with Gasteiger partial charge in [0.25, 0.3) is 5.91 Å². The van der Waals surface area contributed by atoms with Gasteiger partial charge in [0.1, 0.15) is 6.04 Å². The third-order valence-corrected chi connectivity index (χ3v) is 11.5. The monoisotopic (exact) mass is 621 g/mol. The van der Waals surface area contributed by atoms with Gasteiger partial charge in [-0.3, -0.25) is 14.4 Å². The Morgan fingerprint density at radius 1 is 1.09 bits per heavy atom. The Labute approximate surface area is 263 Å². The van der Waals surface area contributed by atoms with Gasteiger partial charge in [0.15, 0.2) is 0 Å². The van der Waals surface area contributed by atoms with Gasteiger partial charge in [-0.15, -0.1) is 24.9 Å².